The molecule has 2 rings (SSSR count). The van der Waals surface area contributed by atoms with Gasteiger partial charge in [-0.3, -0.25) is 4.79 Å². The third kappa shape index (κ3) is 5.83. The van der Waals surface area contributed by atoms with E-state index in [1.54, 1.807) is 7.11 Å². The highest BCUT2D eigenvalue weighted by molar-refractivity contribution is 5.77. The van der Waals surface area contributed by atoms with Crippen molar-refractivity contribution >= 4 is 5.91 Å². The standard InChI is InChI=1S/C19H23NO4/c1-14-4-6-17(7-5-14)24-13-19(21)20-15(2)12-23-18-10-8-16(22-3)9-11-18/h4-11,15H,12-13H2,1-3H3,(H,20,21). The second kappa shape index (κ2) is 8.82. The van der Waals surface area contributed by atoms with Crippen LogP contribution in [0.2, 0.25) is 0 Å². The minimum Gasteiger partial charge on any atom is -0.497 e. The number of nitrogens with one attached hydrogen (secondary N) is 1. The van der Waals surface area contributed by atoms with E-state index < -0.39 is 0 Å². The molecule has 0 aliphatic heterocycles. The largest absolute Gasteiger partial charge is 0.497 e. The Bertz CT molecular complexity index is 637. The van der Waals surface area contributed by atoms with Gasteiger partial charge in [0.15, 0.2) is 6.61 Å². The van der Waals surface area contributed by atoms with Gasteiger partial charge >= 0.3 is 0 Å². The van der Waals surface area contributed by atoms with E-state index in [4.69, 9.17) is 14.2 Å². The predicted octanol–water partition coefficient (Wildman–Crippen LogP) is 2.97. The molecule has 0 spiro atoms. The molecule has 1 unspecified atom stereocenters. The Morgan fingerprint density at radius 3 is 2.12 bits per heavy atom. The fourth-order valence-electron chi connectivity index (χ4n) is 2.03. The maximum atomic E-state index is 11.9. The van der Waals surface area contributed by atoms with Gasteiger partial charge in [0, 0.05) is 0 Å². The lowest BCUT2D eigenvalue weighted by atomic mass is 10.2. The topological polar surface area (TPSA) is 56.8 Å². The molecule has 1 atom stereocenters. The summed E-state index contributed by atoms with van der Waals surface area (Å²) in [5, 5.41) is 2.84. The molecule has 0 heterocycles. The predicted molar refractivity (Wildman–Crippen MR) is 92.8 cm³/mol. The molecule has 1 N–H and O–H groups in total. The summed E-state index contributed by atoms with van der Waals surface area (Å²) in [6.07, 6.45) is 0. The lowest BCUT2D eigenvalue weighted by molar-refractivity contribution is -0.123. The van der Waals surface area contributed by atoms with E-state index in [-0.39, 0.29) is 18.6 Å². The summed E-state index contributed by atoms with van der Waals surface area (Å²) < 4.78 is 16.2. The Morgan fingerprint density at radius 2 is 1.50 bits per heavy atom. The molecule has 0 aromatic heterocycles. The van der Waals surface area contributed by atoms with Crippen LogP contribution in [-0.4, -0.2) is 32.3 Å². The second-order valence-corrected chi connectivity index (χ2v) is 5.56. The number of benzene rings is 2. The van der Waals surface area contributed by atoms with Gasteiger partial charge in [-0.2, -0.15) is 0 Å². The number of ether oxygens (including phenoxy) is 3. The van der Waals surface area contributed by atoms with Crippen molar-refractivity contribution in [2.24, 2.45) is 0 Å². The van der Waals surface area contributed by atoms with E-state index >= 15 is 0 Å². The van der Waals surface area contributed by atoms with Crippen molar-refractivity contribution in [2.75, 3.05) is 20.3 Å². The average molecular weight is 329 g/mol. The van der Waals surface area contributed by atoms with Crippen molar-refractivity contribution in [3.05, 3.63) is 54.1 Å². The Morgan fingerprint density at radius 1 is 0.958 bits per heavy atom. The summed E-state index contributed by atoms with van der Waals surface area (Å²) in [6, 6.07) is 14.8. The van der Waals surface area contributed by atoms with E-state index in [0.717, 1.165) is 17.1 Å². The van der Waals surface area contributed by atoms with E-state index in [9.17, 15) is 4.79 Å². The fourth-order valence-corrected chi connectivity index (χ4v) is 2.03. The summed E-state index contributed by atoms with van der Waals surface area (Å²) in [5.41, 5.74) is 1.15. The summed E-state index contributed by atoms with van der Waals surface area (Å²) in [5.74, 6) is 2.00. The van der Waals surface area contributed by atoms with Gasteiger partial charge in [0.25, 0.3) is 5.91 Å². The first-order chi connectivity index (χ1) is 11.6. The molecule has 1 amide bonds. The Labute approximate surface area is 142 Å². The summed E-state index contributed by atoms with van der Waals surface area (Å²) in [7, 11) is 1.62. The molecule has 2 aromatic carbocycles. The quantitative estimate of drug-likeness (QED) is 0.809. The van der Waals surface area contributed by atoms with Crippen molar-refractivity contribution in [1.29, 1.82) is 0 Å². The van der Waals surface area contributed by atoms with Crippen LogP contribution < -0.4 is 19.5 Å². The molecule has 0 bridgehead atoms. The number of rotatable bonds is 8. The van der Waals surface area contributed by atoms with E-state index in [1.165, 1.54) is 0 Å². The molecule has 128 valence electrons. The Hall–Kier alpha value is -2.69. The molecule has 0 fully saturated rings. The molecule has 0 radical (unpaired) electrons. The summed E-state index contributed by atoms with van der Waals surface area (Å²) in [6.45, 7) is 4.24. The number of carbonyl (C=O) groups excluding carboxylic acids is 1. The molecule has 5 heteroatoms. The van der Waals surface area contributed by atoms with Gasteiger partial charge < -0.3 is 19.5 Å². The number of aryl methyl sites for hydroxylation is 1. The monoisotopic (exact) mass is 329 g/mol. The zero-order valence-corrected chi connectivity index (χ0v) is 14.2. The van der Waals surface area contributed by atoms with Crippen LogP contribution in [0.3, 0.4) is 0 Å². The van der Waals surface area contributed by atoms with Crippen molar-refractivity contribution < 1.29 is 19.0 Å². The van der Waals surface area contributed by atoms with Gasteiger partial charge in [0.1, 0.15) is 23.9 Å². The van der Waals surface area contributed by atoms with Crippen molar-refractivity contribution in [2.45, 2.75) is 19.9 Å². The van der Waals surface area contributed by atoms with E-state index in [2.05, 4.69) is 5.32 Å². The molecule has 2 aromatic rings. The molecule has 24 heavy (non-hydrogen) atoms. The molecule has 5 nitrogen and oxygen atoms in total. The highest BCUT2D eigenvalue weighted by Crippen LogP contribution is 2.17. The van der Waals surface area contributed by atoms with Crippen LogP contribution in [0.4, 0.5) is 0 Å². The molecular formula is C19H23NO4. The Kier molecular flexibility index (Phi) is 6.49. The normalized spacial score (nSPS) is 11.5. The fraction of sp³-hybridized carbons (Fsp3) is 0.316. The zero-order valence-electron chi connectivity index (χ0n) is 14.2. The highest BCUT2D eigenvalue weighted by Gasteiger charge is 2.09. The van der Waals surface area contributed by atoms with Gasteiger partial charge in [0.2, 0.25) is 0 Å². The summed E-state index contributed by atoms with van der Waals surface area (Å²) in [4.78, 5) is 11.9. The van der Waals surface area contributed by atoms with Crippen LogP contribution in [0.1, 0.15) is 12.5 Å². The van der Waals surface area contributed by atoms with Crippen LogP contribution >= 0.6 is 0 Å². The Balaban J connectivity index is 1.69. The van der Waals surface area contributed by atoms with Crippen molar-refractivity contribution in [1.82, 2.24) is 5.32 Å². The van der Waals surface area contributed by atoms with Crippen LogP contribution in [0.5, 0.6) is 17.2 Å². The molecule has 0 saturated heterocycles. The van der Waals surface area contributed by atoms with Gasteiger partial charge in [-0.15, -0.1) is 0 Å². The number of hydrogen-bond donors (Lipinski definition) is 1. The highest BCUT2D eigenvalue weighted by atomic mass is 16.5. The van der Waals surface area contributed by atoms with Crippen molar-refractivity contribution in [3.8, 4) is 17.2 Å². The van der Waals surface area contributed by atoms with Gasteiger partial charge in [-0.05, 0) is 50.2 Å². The smallest absolute Gasteiger partial charge is 0.258 e. The first kappa shape index (κ1) is 17.7. The minimum atomic E-state index is -0.179. The maximum absolute atomic E-state index is 11.9. The summed E-state index contributed by atoms with van der Waals surface area (Å²) >= 11 is 0. The third-order valence-electron chi connectivity index (χ3n) is 3.36. The van der Waals surface area contributed by atoms with E-state index in [1.807, 2.05) is 62.4 Å². The van der Waals surface area contributed by atoms with Gasteiger partial charge in [0.05, 0.1) is 13.2 Å². The number of amides is 1. The maximum Gasteiger partial charge on any atom is 0.258 e. The van der Waals surface area contributed by atoms with Gasteiger partial charge in [-0.1, -0.05) is 17.7 Å². The van der Waals surface area contributed by atoms with Crippen molar-refractivity contribution in [3.63, 3.8) is 0 Å². The molecule has 0 aliphatic carbocycles. The molecule has 0 saturated carbocycles. The SMILES string of the molecule is COc1ccc(OCC(C)NC(=O)COc2ccc(C)cc2)cc1. The van der Waals surface area contributed by atoms with Crippen LogP contribution in [0.25, 0.3) is 0 Å². The van der Waals surface area contributed by atoms with Crippen LogP contribution in [-0.2, 0) is 4.79 Å². The minimum absolute atomic E-state index is 0.0179. The first-order valence-corrected chi connectivity index (χ1v) is 7.82. The average Bonchev–Trinajstić information content (AvgIpc) is 2.60. The van der Waals surface area contributed by atoms with Crippen LogP contribution in [0.15, 0.2) is 48.5 Å². The number of carbonyl (C=O) groups is 1. The number of hydrogen-bond acceptors (Lipinski definition) is 4. The first-order valence-electron chi connectivity index (χ1n) is 7.82. The zero-order chi connectivity index (χ0) is 17.4. The second-order valence-electron chi connectivity index (χ2n) is 5.56. The van der Waals surface area contributed by atoms with E-state index in [0.29, 0.717) is 12.4 Å². The molecule has 0 aliphatic rings. The lowest BCUT2D eigenvalue weighted by Gasteiger charge is -2.15. The van der Waals surface area contributed by atoms with Gasteiger partial charge in [-0.25, -0.2) is 0 Å². The van der Waals surface area contributed by atoms with Crippen LogP contribution in [0, 0.1) is 6.92 Å². The third-order valence-corrected chi connectivity index (χ3v) is 3.36. The molecular weight excluding hydrogens is 306 g/mol. The lowest BCUT2D eigenvalue weighted by Crippen LogP contribution is -2.39. The number of methoxy groups -OCH3 is 1.